The molecule has 0 atom stereocenters. The number of aryl methyl sites for hydroxylation is 1. The Kier molecular flexibility index (Phi) is 9.54. The number of halogens is 17. The minimum Gasteiger partial charge on any atom is -0.376 e. The summed E-state index contributed by atoms with van der Waals surface area (Å²) in [6.07, 6.45) is -11.8. The van der Waals surface area contributed by atoms with Gasteiger partial charge in [-0.15, -0.1) is 0 Å². The van der Waals surface area contributed by atoms with Crippen LogP contribution in [0.2, 0.25) is 0 Å². The van der Waals surface area contributed by atoms with Crippen LogP contribution >= 0.6 is 0 Å². The van der Waals surface area contributed by atoms with Gasteiger partial charge in [0.2, 0.25) is 0 Å². The number of alkyl halides is 17. The summed E-state index contributed by atoms with van der Waals surface area (Å²) in [6, 6.07) is 19.4. The largest absolute Gasteiger partial charge is 0.460 e. The van der Waals surface area contributed by atoms with E-state index in [1.807, 2.05) is 0 Å². The first-order valence-electron chi connectivity index (χ1n) is 12.8. The molecule has 0 saturated heterocycles. The normalized spacial score (nSPS) is 14.8. The Balaban J connectivity index is 1.92. The lowest BCUT2D eigenvalue weighted by Gasteiger charge is -2.42. The Labute approximate surface area is 253 Å². The molecule has 1 N–H and O–H groups in total. The van der Waals surface area contributed by atoms with Crippen LogP contribution in [-0.2, 0) is 12.0 Å². The van der Waals surface area contributed by atoms with Gasteiger partial charge in [0.25, 0.3) is 0 Å². The zero-order valence-corrected chi connectivity index (χ0v) is 22.9. The highest BCUT2D eigenvalue weighted by Crippen LogP contribution is 2.64. The first kappa shape index (κ1) is 37.9. The Hall–Kier alpha value is -3.57. The molecule has 0 saturated carbocycles. The molecule has 0 aliphatic rings. The van der Waals surface area contributed by atoms with Crippen molar-refractivity contribution in [2.75, 3.05) is 0 Å². The molecule has 18 heteroatoms. The zero-order chi connectivity index (χ0) is 36.1. The molecule has 0 bridgehead atoms. The van der Waals surface area contributed by atoms with Gasteiger partial charge in [-0.1, -0.05) is 84.9 Å². The summed E-state index contributed by atoms with van der Waals surface area (Å²) in [4.78, 5) is 0. The molecule has 260 valence electrons. The van der Waals surface area contributed by atoms with Crippen LogP contribution in [-0.4, -0.2) is 52.7 Å². The first-order chi connectivity index (χ1) is 21.1. The molecule has 3 rings (SSSR count). The standard InChI is InChI=1S/C29H19F17O/c30-21(31,23(32,33)24(34,35)25(36,37)26(38,39)27(40,41)28(42,43)29(44,45)46)16-15-17-11-13-20(14-12-17)22(47,18-7-3-1-4-8-18)19-9-5-2-6-10-19/h1-14,47H,15-16H2. The fraction of sp³-hybridized carbons (Fsp3) is 0.379. The molecule has 0 aliphatic carbocycles. The van der Waals surface area contributed by atoms with Gasteiger partial charge in [0.15, 0.2) is 0 Å². The van der Waals surface area contributed by atoms with Crippen molar-refractivity contribution >= 4 is 0 Å². The molecule has 0 heterocycles. The fourth-order valence-corrected chi connectivity index (χ4v) is 4.43. The third-order valence-corrected chi connectivity index (χ3v) is 7.27. The summed E-state index contributed by atoms with van der Waals surface area (Å²) in [5.74, 6) is -56.5. The minimum absolute atomic E-state index is 0.0423. The average Bonchev–Trinajstić information content (AvgIpc) is 2.99. The molecule has 1 nitrogen and oxygen atoms in total. The Bertz CT molecular complexity index is 1460. The van der Waals surface area contributed by atoms with E-state index in [1.165, 1.54) is 24.3 Å². The molecule has 0 unspecified atom stereocenters. The number of hydrogen-bond acceptors (Lipinski definition) is 1. The van der Waals surface area contributed by atoms with Gasteiger partial charge in [0.05, 0.1) is 0 Å². The van der Waals surface area contributed by atoms with Crippen molar-refractivity contribution in [2.24, 2.45) is 0 Å². The lowest BCUT2D eigenvalue weighted by molar-refractivity contribution is -0.461. The van der Waals surface area contributed by atoms with Crippen molar-refractivity contribution in [1.29, 1.82) is 0 Å². The Morgan fingerprint density at radius 1 is 0.383 bits per heavy atom. The van der Waals surface area contributed by atoms with Crippen LogP contribution < -0.4 is 0 Å². The summed E-state index contributed by atoms with van der Waals surface area (Å²) in [6.45, 7) is 0. The molecule has 0 radical (unpaired) electrons. The molecule has 47 heavy (non-hydrogen) atoms. The molecule has 0 aromatic heterocycles. The zero-order valence-electron chi connectivity index (χ0n) is 22.9. The van der Waals surface area contributed by atoms with Crippen molar-refractivity contribution in [3.63, 3.8) is 0 Å². The highest BCUT2D eigenvalue weighted by molar-refractivity contribution is 5.47. The molecular formula is C29H19F17O. The van der Waals surface area contributed by atoms with Crippen LogP contribution in [0.1, 0.15) is 28.7 Å². The predicted molar refractivity (Wildman–Crippen MR) is 130 cm³/mol. The molecule has 3 aromatic rings. The fourth-order valence-electron chi connectivity index (χ4n) is 4.43. The van der Waals surface area contributed by atoms with Crippen molar-refractivity contribution in [3.8, 4) is 0 Å². The quantitative estimate of drug-likeness (QED) is 0.147. The maximum Gasteiger partial charge on any atom is 0.460 e. The van der Waals surface area contributed by atoms with E-state index in [-0.39, 0.29) is 16.7 Å². The highest BCUT2D eigenvalue weighted by atomic mass is 19.4. The smallest absolute Gasteiger partial charge is 0.376 e. The second-order valence-electron chi connectivity index (χ2n) is 10.3. The summed E-state index contributed by atoms with van der Waals surface area (Å²) in [5, 5.41) is 11.7. The Morgan fingerprint density at radius 3 is 1.06 bits per heavy atom. The molecule has 3 aromatic carbocycles. The van der Waals surface area contributed by atoms with E-state index < -0.39 is 71.6 Å². The summed E-state index contributed by atoms with van der Waals surface area (Å²) in [7, 11) is 0. The highest BCUT2D eigenvalue weighted by Gasteiger charge is 2.95. The maximum atomic E-state index is 14.4. The summed E-state index contributed by atoms with van der Waals surface area (Å²) >= 11 is 0. The average molecular weight is 706 g/mol. The van der Waals surface area contributed by atoms with Crippen LogP contribution in [0.25, 0.3) is 0 Å². The predicted octanol–water partition coefficient (Wildman–Crippen LogP) is 9.91. The van der Waals surface area contributed by atoms with Crippen molar-refractivity contribution < 1.29 is 79.7 Å². The van der Waals surface area contributed by atoms with E-state index in [1.54, 1.807) is 36.4 Å². The van der Waals surface area contributed by atoms with Gasteiger partial charge >= 0.3 is 47.6 Å². The van der Waals surface area contributed by atoms with Gasteiger partial charge in [-0.2, -0.15) is 74.6 Å². The van der Waals surface area contributed by atoms with Crippen molar-refractivity contribution in [2.45, 2.75) is 66.1 Å². The van der Waals surface area contributed by atoms with Gasteiger partial charge in [-0.05, 0) is 28.7 Å². The lowest BCUT2D eigenvalue weighted by Crippen LogP contribution is -2.74. The van der Waals surface area contributed by atoms with E-state index in [0.29, 0.717) is 0 Å². The van der Waals surface area contributed by atoms with Crippen molar-refractivity contribution in [1.82, 2.24) is 0 Å². The lowest BCUT2D eigenvalue weighted by atomic mass is 9.80. The van der Waals surface area contributed by atoms with Crippen LogP contribution in [0.15, 0.2) is 84.9 Å². The van der Waals surface area contributed by atoms with Crippen LogP contribution in [0.5, 0.6) is 0 Å². The second-order valence-corrected chi connectivity index (χ2v) is 10.3. The molecular weight excluding hydrogens is 687 g/mol. The monoisotopic (exact) mass is 706 g/mol. The minimum atomic E-state index is -8.66. The molecule has 0 fully saturated rings. The Morgan fingerprint density at radius 2 is 0.702 bits per heavy atom. The first-order valence-corrected chi connectivity index (χ1v) is 12.8. The van der Waals surface area contributed by atoms with Crippen LogP contribution in [0, 0.1) is 0 Å². The van der Waals surface area contributed by atoms with Crippen molar-refractivity contribution in [3.05, 3.63) is 107 Å². The number of benzene rings is 3. The SMILES string of the molecule is OC(c1ccccc1)(c1ccccc1)c1ccc(CCC(F)(F)C(F)(F)C(F)(F)C(F)(F)C(F)(F)C(F)(F)C(F)(F)C(F)(F)F)cc1. The summed E-state index contributed by atoms with van der Waals surface area (Å²) < 4.78 is 230. The topological polar surface area (TPSA) is 20.2 Å². The van der Waals surface area contributed by atoms with Gasteiger partial charge in [-0.3, -0.25) is 0 Å². The number of aliphatic hydroxyl groups is 1. The molecule has 0 amide bonds. The van der Waals surface area contributed by atoms with Crippen LogP contribution in [0.4, 0.5) is 74.6 Å². The van der Waals surface area contributed by atoms with Gasteiger partial charge < -0.3 is 5.11 Å². The maximum absolute atomic E-state index is 14.4. The number of rotatable bonds is 12. The van der Waals surface area contributed by atoms with E-state index >= 15 is 0 Å². The van der Waals surface area contributed by atoms with E-state index in [9.17, 15) is 79.7 Å². The summed E-state index contributed by atoms with van der Waals surface area (Å²) in [5.41, 5.74) is -1.74. The van der Waals surface area contributed by atoms with E-state index in [0.717, 1.165) is 24.3 Å². The van der Waals surface area contributed by atoms with Gasteiger partial charge in [-0.25, -0.2) is 0 Å². The molecule has 0 spiro atoms. The van der Waals surface area contributed by atoms with Gasteiger partial charge in [0, 0.05) is 6.42 Å². The second kappa shape index (κ2) is 11.8. The van der Waals surface area contributed by atoms with Crippen LogP contribution in [0.3, 0.4) is 0 Å². The van der Waals surface area contributed by atoms with E-state index in [2.05, 4.69) is 0 Å². The third-order valence-electron chi connectivity index (χ3n) is 7.27. The van der Waals surface area contributed by atoms with Gasteiger partial charge in [0.1, 0.15) is 5.60 Å². The van der Waals surface area contributed by atoms with E-state index in [4.69, 9.17) is 0 Å². The third kappa shape index (κ3) is 5.79. The number of hydrogen-bond donors (Lipinski definition) is 1. The molecule has 0 aliphatic heterocycles.